The van der Waals surface area contributed by atoms with Gasteiger partial charge in [0.05, 0.1) is 29.5 Å². The Morgan fingerprint density at radius 3 is 1.96 bits per heavy atom. The van der Waals surface area contributed by atoms with Gasteiger partial charge in [0.1, 0.15) is 30.0 Å². The third-order valence-electron chi connectivity index (χ3n) is 14.5. The molecule has 0 unspecified atom stereocenters. The number of aliphatic carboxylic acids is 1. The number of aliphatic hydroxyl groups is 2. The van der Waals surface area contributed by atoms with E-state index in [1.165, 1.54) is 39.8 Å². The van der Waals surface area contributed by atoms with Crippen LogP contribution in [0.15, 0.2) is 102 Å². The summed E-state index contributed by atoms with van der Waals surface area (Å²) in [7, 11) is 0. The lowest BCUT2D eigenvalue weighted by Gasteiger charge is -2.67. The number of ketones is 1. The Bertz CT molecular complexity index is 2560. The van der Waals surface area contributed by atoms with Gasteiger partial charge < -0.3 is 49.1 Å². The number of ether oxygens (including phenoxy) is 6. The summed E-state index contributed by atoms with van der Waals surface area (Å²) >= 11 is 0. The maximum atomic E-state index is 16.1. The summed E-state index contributed by atoms with van der Waals surface area (Å²) in [5.41, 5.74) is -7.76. The van der Waals surface area contributed by atoms with Gasteiger partial charge in [0.25, 0.3) is 5.91 Å². The maximum absolute atomic E-state index is 16.1. The highest BCUT2D eigenvalue weighted by Gasteiger charge is 2.79. The molecule has 372 valence electrons. The number of hydrogen-bond donors (Lipinski definition) is 4. The number of carbonyl (C=O) groups is 8. The highest BCUT2D eigenvalue weighted by molar-refractivity contribution is 5.96. The average Bonchev–Trinajstić information content (AvgIpc) is 3.31. The van der Waals surface area contributed by atoms with Crippen LogP contribution in [0.2, 0.25) is 0 Å². The number of Topliss-reactive ketones (excluding diaryl/α,β-unsaturated/α-hetero) is 1. The van der Waals surface area contributed by atoms with Crippen molar-refractivity contribution in [3.8, 4) is 0 Å². The first kappa shape index (κ1) is 51.1. The fourth-order valence-corrected chi connectivity index (χ4v) is 10.9. The molecule has 70 heavy (non-hydrogen) atoms. The summed E-state index contributed by atoms with van der Waals surface area (Å²) in [6.45, 7) is 7.67. The van der Waals surface area contributed by atoms with Crippen LogP contribution in [0, 0.1) is 16.7 Å². The van der Waals surface area contributed by atoms with Crippen molar-refractivity contribution in [2.45, 2.75) is 128 Å². The Morgan fingerprint density at radius 1 is 0.800 bits per heavy atom. The van der Waals surface area contributed by atoms with Gasteiger partial charge >= 0.3 is 35.8 Å². The number of carbonyl (C=O) groups excluding carboxylic acids is 7. The van der Waals surface area contributed by atoms with Crippen molar-refractivity contribution in [1.82, 2.24) is 5.32 Å². The first-order valence-electron chi connectivity index (χ1n) is 23.0. The minimum absolute atomic E-state index is 0.00954. The summed E-state index contributed by atoms with van der Waals surface area (Å²) < 4.78 is 36.8. The van der Waals surface area contributed by atoms with Gasteiger partial charge in [-0.15, -0.1) is 0 Å². The molecule has 3 fully saturated rings. The van der Waals surface area contributed by atoms with E-state index in [1.807, 2.05) is 0 Å². The molecule has 0 spiro atoms. The normalized spacial score (nSPS) is 29.4. The van der Waals surface area contributed by atoms with Crippen LogP contribution < -0.4 is 5.32 Å². The molecule has 2 saturated carbocycles. The van der Waals surface area contributed by atoms with E-state index < -0.39 is 131 Å². The molecule has 1 amide bonds. The number of fused-ring (bicyclic) bond motifs is 5. The van der Waals surface area contributed by atoms with Gasteiger partial charge in [0.15, 0.2) is 23.6 Å². The summed E-state index contributed by atoms with van der Waals surface area (Å²) in [4.78, 5) is 110. The fraction of sp³-hybridized carbons (Fsp3) is 0.462. The van der Waals surface area contributed by atoms with Gasteiger partial charge in [-0.05, 0) is 61.2 Å². The monoisotopic (exact) mass is 967 g/mol. The second-order valence-corrected chi connectivity index (χ2v) is 19.1. The summed E-state index contributed by atoms with van der Waals surface area (Å²) in [5, 5.41) is 37.8. The smallest absolute Gasteiger partial charge is 0.338 e. The lowest BCUT2D eigenvalue weighted by Crippen LogP contribution is -2.82. The predicted octanol–water partition coefficient (Wildman–Crippen LogP) is 4.54. The molecule has 3 aromatic carbocycles. The van der Waals surface area contributed by atoms with Crippen LogP contribution in [0.3, 0.4) is 0 Å². The van der Waals surface area contributed by atoms with Crippen LogP contribution >= 0.6 is 0 Å². The fourth-order valence-electron chi connectivity index (χ4n) is 10.9. The van der Waals surface area contributed by atoms with Gasteiger partial charge in [0.2, 0.25) is 0 Å². The third-order valence-corrected chi connectivity index (χ3v) is 14.5. The number of esters is 5. The molecule has 18 heteroatoms. The van der Waals surface area contributed by atoms with Gasteiger partial charge in [-0.1, -0.05) is 80.6 Å². The van der Waals surface area contributed by atoms with E-state index >= 15 is 4.79 Å². The highest BCUT2D eigenvalue weighted by atomic mass is 16.6. The Hall–Kier alpha value is -6.76. The maximum Gasteiger partial charge on any atom is 0.338 e. The number of carboxylic acid groups (broad SMARTS) is 1. The first-order valence-corrected chi connectivity index (χ1v) is 23.0. The second-order valence-electron chi connectivity index (χ2n) is 19.1. The van der Waals surface area contributed by atoms with Crippen LogP contribution in [-0.4, -0.2) is 117 Å². The van der Waals surface area contributed by atoms with Crippen LogP contribution in [-0.2, 0) is 57.2 Å². The number of carboxylic acids is 1. The molecule has 0 radical (unpaired) electrons. The Kier molecular flexibility index (Phi) is 14.5. The lowest BCUT2D eigenvalue weighted by atomic mass is 9.44. The highest BCUT2D eigenvalue weighted by Crippen LogP contribution is 2.65. The topological polar surface area (TPSA) is 265 Å². The molecule has 11 atom stereocenters. The molecule has 4 aliphatic rings. The number of benzene rings is 3. The zero-order valence-electron chi connectivity index (χ0n) is 39.6. The third kappa shape index (κ3) is 9.34. The Labute approximate surface area is 403 Å². The quantitative estimate of drug-likeness (QED) is 0.0925. The summed E-state index contributed by atoms with van der Waals surface area (Å²) in [6.07, 6.45) is -12.0. The lowest BCUT2D eigenvalue weighted by molar-refractivity contribution is -0.346. The van der Waals surface area contributed by atoms with E-state index in [-0.39, 0.29) is 48.0 Å². The first-order chi connectivity index (χ1) is 33.1. The molecular weight excluding hydrogens is 911 g/mol. The van der Waals surface area contributed by atoms with E-state index in [4.69, 9.17) is 28.4 Å². The molecule has 0 aromatic heterocycles. The van der Waals surface area contributed by atoms with Gasteiger partial charge in [0, 0.05) is 50.5 Å². The van der Waals surface area contributed by atoms with E-state index in [2.05, 4.69) is 5.32 Å². The van der Waals surface area contributed by atoms with Gasteiger partial charge in [-0.2, -0.15) is 0 Å². The standard InChI is InChI=1S/C52H57NO17/c1-28-34(67-48(63)41(59)40(31-17-10-7-11-18-31)53-46(61)32-19-12-8-13-20-32)26-52(64)45(69-47(62)33-21-14-9-15-22-33)43-50(6,44(60)42(66-29(2)54)39(28)49(52,4)5)35(68-38(58)24-16-23-37(56)57)25-36-51(43,27-65-36)70-30(3)55/h7-15,17-22,34-36,40-43,45,59,64H,16,23-27H2,1-6H3,(H,53,61)(H,56,57)/t34-,35-,36+,40-,41+,42+,43-,45-,50+,51-,52-/m0/s1. The van der Waals surface area contributed by atoms with Crippen molar-refractivity contribution in [2.24, 2.45) is 16.7 Å². The van der Waals surface area contributed by atoms with Crippen molar-refractivity contribution in [2.75, 3.05) is 6.61 Å². The molecular formula is C52H57NO17. The van der Waals surface area contributed by atoms with Crippen molar-refractivity contribution in [3.63, 3.8) is 0 Å². The molecule has 1 aliphatic heterocycles. The van der Waals surface area contributed by atoms with Gasteiger partial charge in [-0.25, -0.2) is 9.59 Å². The number of nitrogens with one attached hydrogen (secondary N) is 1. The van der Waals surface area contributed by atoms with E-state index in [0.29, 0.717) is 5.56 Å². The predicted molar refractivity (Wildman–Crippen MR) is 243 cm³/mol. The molecule has 2 bridgehead atoms. The zero-order valence-corrected chi connectivity index (χ0v) is 39.6. The molecule has 1 saturated heterocycles. The van der Waals surface area contributed by atoms with Crippen LogP contribution in [0.1, 0.15) is 106 Å². The molecule has 7 rings (SSSR count). The van der Waals surface area contributed by atoms with Crippen molar-refractivity contribution >= 4 is 47.5 Å². The Balaban J connectivity index is 1.41. The minimum atomic E-state index is -2.51. The number of rotatable bonds is 15. The summed E-state index contributed by atoms with van der Waals surface area (Å²) in [6, 6.07) is 22.5. The van der Waals surface area contributed by atoms with Gasteiger partial charge in [-0.3, -0.25) is 28.8 Å². The Morgan fingerprint density at radius 2 is 1.40 bits per heavy atom. The van der Waals surface area contributed by atoms with E-state index in [1.54, 1.807) is 78.9 Å². The van der Waals surface area contributed by atoms with Crippen molar-refractivity contribution in [1.29, 1.82) is 0 Å². The zero-order chi connectivity index (χ0) is 50.9. The van der Waals surface area contributed by atoms with E-state index in [9.17, 15) is 48.9 Å². The summed E-state index contributed by atoms with van der Waals surface area (Å²) in [5.74, 6) is -9.40. The van der Waals surface area contributed by atoms with Crippen molar-refractivity contribution in [3.05, 3.63) is 119 Å². The minimum Gasteiger partial charge on any atom is -0.481 e. The number of aliphatic hydroxyl groups excluding tert-OH is 1. The molecule has 1 heterocycles. The second kappa shape index (κ2) is 19.9. The molecule has 3 aliphatic carbocycles. The van der Waals surface area contributed by atoms with E-state index in [0.717, 1.165) is 13.8 Å². The SMILES string of the molecule is CC(=O)O[C@H]1C(=O)[C@]2(C)[C@@H](OC(=O)CCCC(=O)O)C[C@H]3OC[C@@]3(OC(C)=O)[C@H]2[C@H](OC(=O)c2ccccc2)[C@@]2(O)C[C@H](OC(=O)[C@H](O)[C@@H](NC(=O)c3ccccc3)c3ccccc3)C(C)=C1C2(C)C. The average molecular weight is 968 g/mol. The van der Waals surface area contributed by atoms with Crippen LogP contribution in [0.4, 0.5) is 0 Å². The van der Waals surface area contributed by atoms with Crippen molar-refractivity contribution < 1.29 is 82.1 Å². The number of hydrogen-bond acceptors (Lipinski definition) is 16. The molecule has 3 aromatic rings. The van der Waals surface area contributed by atoms with Crippen LogP contribution in [0.25, 0.3) is 0 Å². The number of amides is 1. The van der Waals surface area contributed by atoms with Crippen LogP contribution in [0.5, 0.6) is 0 Å². The largest absolute Gasteiger partial charge is 0.481 e. The molecule has 18 nitrogen and oxygen atoms in total. The molecule has 4 N–H and O–H groups in total.